The highest BCUT2D eigenvalue weighted by atomic mass is 16.2. The van der Waals surface area contributed by atoms with Gasteiger partial charge in [0.15, 0.2) is 5.78 Å². The maximum Gasteiger partial charge on any atom is 0.261 e. The third kappa shape index (κ3) is 4.43. The molecular formula is C21H24N4O4. The summed E-state index contributed by atoms with van der Waals surface area (Å²) in [5.74, 6) is -1.18. The Labute approximate surface area is 167 Å². The van der Waals surface area contributed by atoms with Crippen LogP contribution in [-0.4, -0.2) is 35.7 Å². The topological polar surface area (TPSA) is 134 Å². The molecule has 0 unspecified atom stereocenters. The predicted molar refractivity (Wildman–Crippen MR) is 109 cm³/mol. The highest BCUT2D eigenvalue weighted by Crippen LogP contribution is 2.33. The zero-order chi connectivity index (χ0) is 21.2. The molecule has 1 aliphatic carbocycles. The van der Waals surface area contributed by atoms with Crippen LogP contribution in [-0.2, 0) is 6.42 Å². The minimum atomic E-state index is -0.689. The van der Waals surface area contributed by atoms with Crippen molar-refractivity contribution in [3.05, 3.63) is 63.1 Å². The fraction of sp³-hybridized carbons (Fsp3) is 0.333. The van der Waals surface area contributed by atoms with Crippen molar-refractivity contribution < 1.29 is 14.4 Å². The van der Waals surface area contributed by atoms with Crippen molar-refractivity contribution >= 4 is 23.3 Å². The Kier molecular flexibility index (Phi) is 5.65. The van der Waals surface area contributed by atoms with E-state index in [1.807, 2.05) is 13.8 Å². The first-order valence-corrected chi connectivity index (χ1v) is 9.40. The van der Waals surface area contributed by atoms with E-state index in [0.29, 0.717) is 30.6 Å². The van der Waals surface area contributed by atoms with Gasteiger partial charge in [-0.15, -0.1) is 0 Å². The summed E-state index contributed by atoms with van der Waals surface area (Å²) in [6.45, 7) is 4.50. The second-order valence-electron chi connectivity index (χ2n) is 7.89. The van der Waals surface area contributed by atoms with Gasteiger partial charge in [-0.3, -0.25) is 19.2 Å². The van der Waals surface area contributed by atoms with Crippen LogP contribution in [0.4, 0.5) is 5.69 Å². The van der Waals surface area contributed by atoms with Gasteiger partial charge in [-0.2, -0.15) is 0 Å². The van der Waals surface area contributed by atoms with E-state index in [1.165, 1.54) is 6.07 Å². The number of Topliss-reactive ketones (excluding diaryl/α,β-unsaturated/α-hetero) is 1. The van der Waals surface area contributed by atoms with Crippen molar-refractivity contribution in [1.82, 2.24) is 10.3 Å². The van der Waals surface area contributed by atoms with Gasteiger partial charge in [0, 0.05) is 30.8 Å². The number of nitrogens with one attached hydrogen (secondary N) is 3. The number of aromatic amines is 1. The van der Waals surface area contributed by atoms with E-state index in [4.69, 9.17) is 5.73 Å². The van der Waals surface area contributed by atoms with Gasteiger partial charge in [0.25, 0.3) is 17.4 Å². The summed E-state index contributed by atoms with van der Waals surface area (Å²) in [6.07, 6.45) is 0.895. The zero-order valence-corrected chi connectivity index (χ0v) is 16.4. The predicted octanol–water partition coefficient (Wildman–Crippen LogP) is 1.47. The fourth-order valence-electron chi connectivity index (χ4n) is 3.46. The third-order valence-corrected chi connectivity index (χ3v) is 4.81. The molecule has 29 heavy (non-hydrogen) atoms. The summed E-state index contributed by atoms with van der Waals surface area (Å²) in [4.78, 5) is 52.7. The van der Waals surface area contributed by atoms with E-state index < -0.39 is 11.5 Å². The Bertz CT molecular complexity index is 1040. The van der Waals surface area contributed by atoms with Crippen molar-refractivity contribution in [1.29, 1.82) is 0 Å². The standard InChI is InChI=1S/C21H24N4O4/c1-21(2)10-16-13(17(26)11-21)9-14(20(29)25-16)19(28)24-15-6-4-3-5-12(15)18(27)23-8-7-22/h3-6,9H,7-8,10-11,22H2,1-2H3,(H,23,27)(H,24,28)(H,25,29). The molecule has 5 N–H and O–H groups in total. The van der Waals surface area contributed by atoms with Crippen LogP contribution < -0.4 is 21.9 Å². The van der Waals surface area contributed by atoms with Gasteiger partial charge >= 0.3 is 0 Å². The number of hydrogen-bond donors (Lipinski definition) is 4. The molecule has 0 saturated carbocycles. The minimum Gasteiger partial charge on any atom is -0.351 e. The third-order valence-electron chi connectivity index (χ3n) is 4.81. The minimum absolute atomic E-state index is 0.108. The van der Waals surface area contributed by atoms with Crippen LogP contribution in [0.3, 0.4) is 0 Å². The van der Waals surface area contributed by atoms with Gasteiger partial charge in [0.1, 0.15) is 5.56 Å². The molecule has 0 aliphatic heterocycles. The average molecular weight is 396 g/mol. The lowest BCUT2D eigenvalue weighted by Crippen LogP contribution is -2.33. The molecule has 0 radical (unpaired) electrons. The molecule has 8 heteroatoms. The number of anilines is 1. The molecule has 8 nitrogen and oxygen atoms in total. The van der Waals surface area contributed by atoms with Crippen LogP contribution >= 0.6 is 0 Å². The number of amides is 2. The Morgan fingerprint density at radius 2 is 1.83 bits per heavy atom. The van der Waals surface area contributed by atoms with Crippen LogP contribution in [0.15, 0.2) is 35.1 Å². The van der Waals surface area contributed by atoms with Crippen LogP contribution in [0, 0.1) is 5.41 Å². The van der Waals surface area contributed by atoms with E-state index in [-0.39, 0.29) is 40.5 Å². The maximum absolute atomic E-state index is 12.7. The number of H-pyrrole nitrogens is 1. The van der Waals surface area contributed by atoms with E-state index >= 15 is 0 Å². The van der Waals surface area contributed by atoms with Crippen molar-refractivity contribution in [2.45, 2.75) is 26.7 Å². The molecule has 1 aromatic carbocycles. The number of ketones is 1. The molecule has 2 amide bonds. The first kappa shape index (κ1) is 20.5. The van der Waals surface area contributed by atoms with Crippen LogP contribution in [0.5, 0.6) is 0 Å². The number of rotatable bonds is 5. The molecule has 1 aromatic heterocycles. The molecule has 0 bridgehead atoms. The first-order chi connectivity index (χ1) is 13.7. The second-order valence-corrected chi connectivity index (χ2v) is 7.89. The summed E-state index contributed by atoms with van der Waals surface area (Å²) in [6, 6.07) is 7.80. The number of benzene rings is 1. The van der Waals surface area contributed by atoms with Gasteiger partial charge in [-0.05, 0) is 30.0 Å². The van der Waals surface area contributed by atoms with Crippen molar-refractivity contribution in [3.63, 3.8) is 0 Å². The smallest absolute Gasteiger partial charge is 0.261 e. The molecule has 2 aromatic rings. The molecule has 0 spiro atoms. The Hall–Kier alpha value is -3.26. The first-order valence-electron chi connectivity index (χ1n) is 9.40. The lowest BCUT2D eigenvalue weighted by atomic mass is 9.75. The second kappa shape index (κ2) is 8.00. The van der Waals surface area contributed by atoms with Gasteiger partial charge < -0.3 is 21.4 Å². The lowest BCUT2D eigenvalue weighted by molar-refractivity contribution is 0.0908. The summed E-state index contributed by atoms with van der Waals surface area (Å²) in [7, 11) is 0. The number of hydrogen-bond acceptors (Lipinski definition) is 5. The number of para-hydroxylation sites is 1. The SMILES string of the molecule is CC1(C)CC(=O)c2cc(C(=O)Nc3ccccc3C(=O)NCCN)c(=O)[nH]c2C1. The van der Waals surface area contributed by atoms with Gasteiger partial charge in [0.2, 0.25) is 0 Å². The Balaban J connectivity index is 1.90. The number of carbonyl (C=O) groups is 3. The highest BCUT2D eigenvalue weighted by Gasteiger charge is 2.32. The molecule has 0 fully saturated rings. The van der Waals surface area contributed by atoms with E-state index in [2.05, 4.69) is 15.6 Å². The molecular weight excluding hydrogens is 372 g/mol. The van der Waals surface area contributed by atoms with Gasteiger partial charge in [-0.1, -0.05) is 26.0 Å². The number of carbonyl (C=O) groups excluding carboxylic acids is 3. The van der Waals surface area contributed by atoms with Crippen molar-refractivity contribution in [2.24, 2.45) is 11.1 Å². The summed E-state index contributed by atoms with van der Waals surface area (Å²) in [5.41, 5.74) is 5.84. The van der Waals surface area contributed by atoms with Crippen molar-refractivity contribution in [2.75, 3.05) is 18.4 Å². The van der Waals surface area contributed by atoms with E-state index in [9.17, 15) is 19.2 Å². The molecule has 0 saturated heterocycles. The number of nitrogens with two attached hydrogens (primary N) is 1. The molecule has 3 rings (SSSR count). The highest BCUT2D eigenvalue weighted by molar-refractivity contribution is 6.10. The monoisotopic (exact) mass is 396 g/mol. The fourth-order valence-corrected chi connectivity index (χ4v) is 3.46. The molecule has 152 valence electrons. The molecule has 1 aliphatic rings. The quantitative estimate of drug-likeness (QED) is 0.607. The zero-order valence-electron chi connectivity index (χ0n) is 16.4. The van der Waals surface area contributed by atoms with Crippen molar-refractivity contribution in [3.8, 4) is 0 Å². The summed E-state index contributed by atoms with van der Waals surface area (Å²) < 4.78 is 0. The van der Waals surface area contributed by atoms with Gasteiger partial charge in [0.05, 0.1) is 11.3 Å². The lowest BCUT2D eigenvalue weighted by Gasteiger charge is -2.29. The number of pyridine rings is 1. The maximum atomic E-state index is 12.7. The average Bonchev–Trinajstić information content (AvgIpc) is 2.65. The number of aromatic nitrogens is 1. The Morgan fingerprint density at radius 1 is 1.10 bits per heavy atom. The van der Waals surface area contributed by atoms with Gasteiger partial charge in [-0.25, -0.2) is 0 Å². The largest absolute Gasteiger partial charge is 0.351 e. The number of fused-ring (bicyclic) bond motifs is 1. The van der Waals surface area contributed by atoms with Crippen LogP contribution in [0.1, 0.15) is 57.0 Å². The molecule has 1 heterocycles. The summed E-state index contributed by atoms with van der Waals surface area (Å²) >= 11 is 0. The Morgan fingerprint density at radius 3 is 2.55 bits per heavy atom. The van der Waals surface area contributed by atoms with Crippen LogP contribution in [0.2, 0.25) is 0 Å². The van der Waals surface area contributed by atoms with E-state index in [1.54, 1.807) is 24.3 Å². The van der Waals surface area contributed by atoms with Crippen LogP contribution in [0.25, 0.3) is 0 Å². The summed E-state index contributed by atoms with van der Waals surface area (Å²) in [5, 5.41) is 5.24. The molecule has 0 atom stereocenters. The van der Waals surface area contributed by atoms with E-state index in [0.717, 1.165) is 0 Å². The normalized spacial score (nSPS) is 14.8.